The predicted molar refractivity (Wildman–Crippen MR) is 193 cm³/mol. The summed E-state index contributed by atoms with van der Waals surface area (Å²) >= 11 is 0. The number of amides is 7. The van der Waals surface area contributed by atoms with E-state index in [1.807, 2.05) is 20.8 Å². The SMILES string of the molecule is CC(C)C(NC(=O)CCCCCN1C(=O)CC(C(C)(C)C)C1=O)C(=O)N[C@@H](CCCNC(N)=O)C(=O)Nc1ccc(COC(=O)C(C)(C)C)cc1. The maximum Gasteiger partial charge on any atom is 0.312 e. The van der Waals surface area contributed by atoms with Crippen LogP contribution in [-0.2, 0) is 40.1 Å². The van der Waals surface area contributed by atoms with Crippen LogP contribution in [0.2, 0.25) is 0 Å². The zero-order chi connectivity index (χ0) is 38.5. The van der Waals surface area contributed by atoms with Gasteiger partial charge in [0.2, 0.25) is 29.5 Å². The van der Waals surface area contributed by atoms with E-state index in [0.717, 1.165) is 5.56 Å². The van der Waals surface area contributed by atoms with Crippen LogP contribution in [0.1, 0.15) is 106 Å². The number of primary amides is 1. The molecule has 6 N–H and O–H groups in total. The standard InChI is InChI=1S/C37H58N6O8/c1-23(2)30(42-28(44)14-10-9-11-20-43-29(45)21-26(33(43)48)36(3,4)5)32(47)41-27(13-12-19-39-35(38)50)31(46)40-25-17-15-24(16-18-25)22-51-34(49)37(6,7)8/h15-18,23,26-27,30H,9-14,19-22H2,1-8H3,(H,40,46)(H,41,47)(H,42,44)(H3,38,39,50)/t26?,27-,30?/m0/s1. The minimum atomic E-state index is -0.994. The number of esters is 1. The number of anilines is 1. The fraction of sp³-hybridized carbons (Fsp3) is 0.649. The van der Waals surface area contributed by atoms with Gasteiger partial charge in [-0.15, -0.1) is 0 Å². The molecule has 1 aromatic carbocycles. The molecule has 1 aromatic rings. The monoisotopic (exact) mass is 714 g/mol. The van der Waals surface area contributed by atoms with E-state index in [0.29, 0.717) is 37.9 Å². The van der Waals surface area contributed by atoms with Crippen molar-refractivity contribution in [1.82, 2.24) is 20.9 Å². The van der Waals surface area contributed by atoms with Crippen molar-refractivity contribution >= 4 is 47.2 Å². The lowest BCUT2D eigenvalue weighted by atomic mass is 9.80. The number of benzene rings is 1. The molecule has 284 valence electrons. The lowest BCUT2D eigenvalue weighted by Gasteiger charge is -2.25. The van der Waals surface area contributed by atoms with Crippen molar-refractivity contribution < 1.29 is 38.3 Å². The van der Waals surface area contributed by atoms with E-state index in [1.165, 1.54) is 4.90 Å². The maximum atomic E-state index is 13.4. The average molecular weight is 715 g/mol. The number of rotatable bonds is 18. The first-order valence-corrected chi connectivity index (χ1v) is 17.7. The van der Waals surface area contributed by atoms with Crippen LogP contribution < -0.4 is 27.0 Å². The number of hydrogen-bond donors (Lipinski definition) is 5. The molecule has 1 fully saturated rings. The number of nitrogens with two attached hydrogens (primary N) is 1. The second kappa shape index (κ2) is 19.2. The second-order valence-electron chi connectivity index (χ2n) is 15.6. The molecule has 1 heterocycles. The highest BCUT2D eigenvalue weighted by atomic mass is 16.5. The molecule has 0 saturated carbocycles. The van der Waals surface area contributed by atoms with E-state index in [1.54, 1.807) is 58.9 Å². The molecule has 0 bridgehead atoms. The van der Waals surface area contributed by atoms with Crippen LogP contribution in [0.15, 0.2) is 24.3 Å². The fourth-order valence-corrected chi connectivity index (χ4v) is 5.43. The van der Waals surface area contributed by atoms with E-state index in [4.69, 9.17) is 10.5 Å². The Bertz CT molecular complexity index is 1400. The zero-order valence-corrected chi connectivity index (χ0v) is 31.5. The smallest absolute Gasteiger partial charge is 0.312 e. The number of nitrogens with zero attached hydrogens (tertiary/aromatic N) is 1. The highest BCUT2D eigenvalue weighted by molar-refractivity contribution is 6.04. The summed E-state index contributed by atoms with van der Waals surface area (Å²) in [6.45, 7) is 15.3. The first-order valence-electron chi connectivity index (χ1n) is 17.7. The number of imide groups is 1. The maximum absolute atomic E-state index is 13.4. The Balaban J connectivity index is 1.95. The highest BCUT2D eigenvalue weighted by Crippen LogP contribution is 2.35. The quantitative estimate of drug-likeness (QED) is 0.0858. The molecule has 2 rings (SSSR count). The summed E-state index contributed by atoms with van der Waals surface area (Å²) in [6, 6.07) is 4.14. The number of ether oxygens (including phenoxy) is 1. The Hall–Kier alpha value is -4.49. The molecule has 14 nitrogen and oxygen atoms in total. The minimum Gasteiger partial charge on any atom is -0.460 e. The van der Waals surface area contributed by atoms with Crippen LogP contribution in [0.5, 0.6) is 0 Å². The topological polar surface area (TPSA) is 206 Å². The molecular formula is C37H58N6O8. The van der Waals surface area contributed by atoms with Gasteiger partial charge in [-0.3, -0.25) is 33.7 Å². The summed E-state index contributed by atoms with van der Waals surface area (Å²) in [6.07, 6.45) is 2.59. The lowest BCUT2D eigenvalue weighted by molar-refractivity contribution is -0.154. The van der Waals surface area contributed by atoms with Crippen molar-refractivity contribution in [2.24, 2.45) is 28.4 Å². The van der Waals surface area contributed by atoms with Gasteiger partial charge in [-0.05, 0) is 75.5 Å². The van der Waals surface area contributed by atoms with Crippen LogP contribution >= 0.6 is 0 Å². The molecule has 0 radical (unpaired) electrons. The van der Waals surface area contributed by atoms with E-state index >= 15 is 0 Å². The van der Waals surface area contributed by atoms with Gasteiger partial charge in [-0.2, -0.15) is 0 Å². The third-order valence-electron chi connectivity index (χ3n) is 8.65. The number of carbonyl (C=O) groups excluding carboxylic acids is 7. The number of urea groups is 1. The molecule has 2 unspecified atom stereocenters. The highest BCUT2D eigenvalue weighted by Gasteiger charge is 2.44. The number of likely N-dealkylation sites (tertiary alicyclic amines) is 1. The molecule has 51 heavy (non-hydrogen) atoms. The first kappa shape index (κ1) is 42.7. The van der Waals surface area contributed by atoms with Crippen molar-refractivity contribution in [2.75, 3.05) is 18.4 Å². The third kappa shape index (κ3) is 14.3. The van der Waals surface area contributed by atoms with Gasteiger partial charge < -0.3 is 31.7 Å². The first-order chi connectivity index (χ1) is 23.7. The minimum absolute atomic E-state index is 0.0802. The van der Waals surface area contributed by atoms with Crippen molar-refractivity contribution in [3.05, 3.63) is 29.8 Å². The second-order valence-corrected chi connectivity index (χ2v) is 15.6. The zero-order valence-electron chi connectivity index (χ0n) is 31.5. The Morgan fingerprint density at radius 1 is 0.902 bits per heavy atom. The van der Waals surface area contributed by atoms with Gasteiger partial charge in [-0.1, -0.05) is 53.2 Å². The third-order valence-corrected chi connectivity index (χ3v) is 8.65. The van der Waals surface area contributed by atoms with Crippen molar-refractivity contribution in [1.29, 1.82) is 0 Å². The summed E-state index contributed by atoms with van der Waals surface area (Å²) in [5.74, 6) is -2.60. The largest absolute Gasteiger partial charge is 0.460 e. The number of carbonyl (C=O) groups is 7. The van der Waals surface area contributed by atoms with E-state index in [9.17, 15) is 33.6 Å². The van der Waals surface area contributed by atoms with Gasteiger partial charge in [0.1, 0.15) is 18.7 Å². The van der Waals surface area contributed by atoms with E-state index < -0.39 is 35.3 Å². The van der Waals surface area contributed by atoms with Gasteiger partial charge in [0.25, 0.3) is 0 Å². The molecular weight excluding hydrogens is 656 g/mol. The summed E-state index contributed by atoms with van der Waals surface area (Å²) in [4.78, 5) is 89.3. The average Bonchev–Trinajstić information content (AvgIpc) is 3.32. The molecule has 14 heteroatoms. The molecule has 1 aliphatic rings. The summed E-state index contributed by atoms with van der Waals surface area (Å²) in [5.41, 5.74) is 5.43. The van der Waals surface area contributed by atoms with Crippen molar-refractivity contribution in [3.63, 3.8) is 0 Å². The Morgan fingerprint density at radius 3 is 2.10 bits per heavy atom. The van der Waals surface area contributed by atoms with Crippen LogP contribution in [0, 0.1) is 22.7 Å². The van der Waals surface area contributed by atoms with Gasteiger partial charge in [-0.25, -0.2) is 4.79 Å². The normalized spacial score (nSPS) is 16.0. The Labute approximate surface area is 301 Å². The number of unbranched alkanes of at least 4 members (excludes halogenated alkanes) is 2. The molecule has 0 spiro atoms. The summed E-state index contributed by atoms with van der Waals surface area (Å²) in [7, 11) is 0. The lowest BCUT2D eigenvalue weighted by Crippen LogP contribution is -2.54. The Morgan fingerprint density at radius 2 is 1.55 bits per heavy atom. The molecule has 0 aromatic heterocycles. The van der Waals surface area contributed by atoms with Gasteiger partial charge >= 0.3 is 12.0 Å². The van der Waals surface area contributed by atoms with Crippen molar-refractivity contribution in [2.45, 2.75) is 119 Å². The van der Waals surface area contributed by atoms with Gasteiger partial charge in [0, 0.05) is 31.6 Å². The van der Waals surface area contributed by atoms with Gasteiger partial charge in [0.05, 0.1) is 11.3 Å². The van der Waals surface area contributed by atoms with Crippen LogP contribution in [0.25, 0.3) is 0 Å². The summed E-state index contributed by atoms with van der Waals surface area (Å²) in [5, 5.41) is 10.8. The molecule has 0 aliphatic carbocycles. The van der Waals surface area contributed by atoms with Crippen LogP contribution in [0.4, 0.5) is 10.5 Å². The van der Waals surface area contributed by atoms with Crippen molar-refractivity contribution in [3.8, 4) is 0 Å². The number of nitrogens with one attached hydrogen (secondary N) is 4. The molecule has 7 amide bonds. The fourth-order valence-electron chi connectivity index (χ4n) is 5.43. The Kier molecular flexibility index (Phi) is 16.1. The molecule has 1 aliphatic heterocycles. The predicted octanol–water partition coefficient (Wildman–Crippen LogP) is 3.77. The van der Waals surface area contributed by atoms with E-state index in [-0.39, 0.29) is 73.4 Å². The molecule has 3 atom stereocenters. The van der Waals surface area contributed by atoms with Gasteiger partial charge in [0.15, 0.2) is 0 Å². The van der Waals surface area contributed by atoms with Crippen LogP contribution in [0.3, 0.4) is 0 Å². The van der Waals surface area contributed by atoms with Crippen LogP contribution in [-0.4, -0.2) is 71.6 Å². The number of hydrogen-bond acceptors (Lipinski definition) is 8. The summed E-state index contributed by atoms with van der Waals surface area (Å²) < 4.78 is 5.34. The molecule has 1 saturated heterocycles. The van der Waals surface area contributed by atoms with E-state index in [2.05, 4.69) is 21.3 Å².